The van der Waals surface area contributed by atoms with Crippen LogP contribution in [0.3, 0.4) is 0 Å². The van der Waals surface area contributed by atoms with Gasteiger partial charge in [0.25, 0.3) is 0 Å². The Bertz CT molecular complexity index is 937. The van der Waals surface area contributed by atoms with Crippen LogP contribution in [0.25, 0.3) is 0 Å². The van der Waals surface area contributed by atoms with Crippen molar-refractivity contribution < 1.29 is 4.74 Å². The molecule has 1 aliphatic rings. The molecule has 0 unspecified atom stereocenters. The molecule has 0 saturated carbocycles. The minimum atomic E-state index is 0.572. The lowest BCUT2D eigenvalue weighted by molar-refractivity contribution is 0.417. The minimum Gasteiger partial charge on any atom is -0.495 e. The zero-order valence-electron chi connectivity index (χ0n) is 16.3. The molecule has 0 radical (unpaired) electrons. The lowest BCUT2D eigenvalue weighted by atomic mass is 10.2. The van der Waals surface area contributed by atoms with Crippen molar-refractivity contribution in [1.29, 1.82) is 0 Å². The van der Waals surface area contributed by atoms with Gasteiger partial charge in [-0.25, -0.2) is 4.98 Å². The molecule has 4 rings (SSSR count). The van der Waals surface area contributed by atoms with E-state index in [0.29, 0.717) is 5.95 Å². The molecule has 0 aliphatic carbocycles. The van der Waals surface area contributed by atoms with Gasteiger partial charge < -0.3 is 19.9 Å². The number of methoxy groups -OCH3 is 1. The van der Waals surface area contributed by atoms with Crippen LogP contribution in [-0.2, 0) is 0 Å². The van der Waals surface area contributed by atoms with E-state index in [2.05, 4.69) is 51.3 Å². The van der Waals surface area contributed by atoms with Crippen molar-refractivity contribution in [1.82, 2.24) is 9.97 Å². The fraction of sp³-hybridized carbons (Fsp3) is 0.273. The molecular weight excluding hydrogens is 350 g/mol. The second kappa shape index (κ2) is 8.17. The number of benzene rings is 2. The number of anilines is 4. The maximum absolute atomic E-state index is 5.39. The molecule has 144 valence electrons. The second-order valence-corrected chi connectivity index (χ2v) is 6.88. The minimum absolute atomic E-state index is 0.572. The Morgan fingerprint density at radius 2 is 1.71 bits per heavy atom. The first-order valence-corrected chi connectivity index (χ1v) is 9.52. The van der Waals surface area contributed by atoms with Crippen LogP contribution in [-0.4, -0.2) is 43.3 Å². The summed E-state index contributed by atoms with van der Waals surface area (Å²) in [4.78, 5) is 13.8. The highest BCUT2D eigenvalue weighted by Crippen LogP contribution is 2.26. The zero-order chi connectivity index (χ0) is 19.3. The number of hydrogen-bond acceptors (Lipinski definition) is 6. The zero-order valence-corrected chi connectivity index (χ0v) is 16.3. The van der Waals surface area contributed by atoms with E-state index in [1.165, 1.54) is 11.3 Å². The van der Waals surface area contributed by atoms with E-state index in [1.54, 1.807) is 13.3 Å². The Morgan fingerprint density at radius 1 is 0.929 bits per heavy atom. The summed E-state index contributed by atoms with van der Waals surface area (Å²) in [7, 11) is 1.66. The van der Waals surface area contributed by atoms with Crippen LogP contribution in [0.2, 0.25) is 0 Å². The number of nitrogens with zero attached hydrogens (tertiary/aromatic N) is 4. The van der Waals surface area contributed by atoms with Crippen molar-refractivity contribution in [3.05, 3.63) is 66.4 Å². The van der Waals surface area contributed by atoms with Crippen molar-refractivity contribution in [3.63, 3.8) is 0 Å². The summed E-state index contributed by atoms with van der Waals surface area (Å²) in [5.74, 6) is 2.28. The Hall–Kier alpha value is -3.28. The summed E-state index contributed by atoms with van der Waals surface area (Å²) in [5.41, 5.74) is 3.44. The Balaban J connectivity index is 1.44. The highest BCUT2D eigenvalue weighted by atomic mass is 16.5. The van der Waals surface area contributed by atoms with E-state index < -0.39 is 0 Å². The topological polar surface area (TPSA) is 53.5 Å². The van der Waals surface area contributed by atoms with E-state index in [-0.39, 0.29) is 0 Å². The number of ether oxygens (including phenoxy) is 1. The maximum atomic E-state index is 5.39. The summed E-state index contributed by atoms with van der Waals surface area (Å²) in [6.07, 6.45) is 1.80. The standard InChI is InChI=1S/C22H25N5O/c1-17-6-5-7-18(16-17)26-12-14-27(15-13-26)21-10-11-23-22(25-21)24-19-8-3-4-9-20(19)28-2/h3-11,16H,12-15H2,1-2H3,(H,23,24,25). The quantitative estimate of drug-likeness (QED) is 0.731. The third kappa shape index (κ3) is 4.01. The van der Waals surface area contributed by atoms with Crippen LogP contribution in [0.15, 0.2) is 60.8 Å². The summed E-state index contributed by atoms with van der Waals surface area (Å²) in [5, 5.41) is 3.26. The van der Waals surface area contributed by atoms with Crippen molar-refractivity contribution in [2.75, 3.05) is 48.4 Å². The molecule has 1 aliphatic heterocycles. The molecule has 1 aromatic heterocycles. The number of para-hydroxylation sites is 2. The third-order valence-corrected chi connectivity index (χ3v) is 4.96. The van der Waals surface area contributed by atoms with Gasteiger partial charge in [-0.3, -0.25) is 0 Å². The highest BCUT2D eigenvalue weighted by Gasteiger charge is 2.19. The number of piperazine rings is 1. The molecule has 0 atom stereocenters. The van der Waals surface area contributed by atoms with Crippen LogP contribution in [0.4, 0.5) is 23.1 Å². The normalized spacial score (nSPS) is 14.1. The van der Waals surface area contributed by atoms with Crippen LogP contribution < -0.4 is 19.9 Å². The van der Waals surface area contributed by atoms with E-state index in [4.69, 9.17) is 9.72 Å². The summed E-state index contributed by atoms with van der Waals surface area (Å²) < 4.78 is 5.39. The van der Waals surface area contributed by atoms with Crippen LogP contribution >= 0.6 is 0 Å². The molecular formula is C22H25N5O. The summed E-state index contributed by atoms with van der Waals surface area (Å²) in [6.45, 7) is 5.94. The SMILES string of the molecule is COc1ccccc1Nc1nccc(N2CCN(c3cccc(C)c3)CC2)n1. The molecule has 0 bridgehead atoms. The van der Waals surface area contributed by atoms with Gasteiger partial charge in [0.1, 0.15) is 11.6 Å². The summed E-state index contributed by atoms with van der Waals surface area (Å²) >= 11 is 0. The average Bonchev–Trinajstić information content (AvgIpc) is 2.74. The fourth-order valence-electron chi connectivity index (χ4n) is 3.47. The molecule has 6 nitrogen and oxygen atoms in total. The Kier molecular flexibility index (Phi) is 5.28. The van der Waals surface area contributed by atoms with Gasteiger partial charge in [0.05, 0.1) is 12.8 Å². The van der Waals surface area contributed by atoms with Gasteiger partial charge in [0, 0.05) is 38.1 Å². The number of hydrogen-bond donors (Lipinski definition) is 1. The molecule has 28 heavy (non-hydrogen) atoms. The molecule has 3 aromatic rings. The van der Waals surface area contributed by atoms with Gasteiger partial charge in [-0.05, 0) is 42.8 Å². The first kappa shape index (κ1) is 18.1. The molecule has 6 heteroatoms. The first-order valence-electron chi connectivity index (χ1n) is 9.52. The third-order valence-electron chi connectivity index (χ3n) is 4.96. The smallest absolute Gasteiger partial charge is 0.229 e. The van der Waals surface area contributed by atoms with Gasteiger partial charge in [-0.1, -0.05) is 24.3 Å². The second-order valence-electron chi connectivity index (χ2n) is 6.88. The molecule has 1 fully saturated rings. The van der Waals surface area contributed by atoms with Gasteiger partial charge in [-0.15, -0.1) is 0 Å². The average molecular weight is 375 g/mol. The predicted molar refractivity (Wildman–Crippen MR) is 114 cm³/mol. The van der Waals surface area contributed by atoms with E-state index >= 15 is 0 Å². The Morgan fingerprint density at radius 3 is 2.50 bits per heavy atom. The van der Waals surface area contributed by atoms with Crippen LogP contribution in [0.5, 0.6) is 5.75 Å². The number of aryl methyl sites for hydroxylation is 1. The molecule has 0 spiro atoms. The number of nitrogens with one attached hydrogen (secondary N) is 1. The lowest BCUT2D eigenvalue weighted by Gasteiger charge is -2.36. The first-order chi connectivity index (χ1) is 13.7. The maximum Gasteiger partial charge on any atom is 0.229 e. The van der Waals surface area contributed by atoms with Gasteiger partial charge in [0.2, 0.25) is 5.95 Å². The van der Waals surface area contributed by atoms with Crippen molar-refractivity contribution in [2.24, 2.45) is 0 Å². The van der Waals surface area contributed by atoms with Crippen molar-refractivity contribution in [2.45, 2.75) is 6.92 Å². The largest absolute Gasteiger partial charge is 0.495 e. The van der Waals surface area contributed by atoms with Crippen molar-refractivity contribution in [3.8, 4) is 5.75 Å². The highest BCUT2D eigenvalue weighted by molar-refractivity contribution is 5.63. The van der Waals surface area contributed by atoms with E-state index in [9.17, 15) is 0 Å². The van der Waals surface area contributed by atoms with Crippen molar-refractivity contribution >= 4 is 23.1 Å². The molecule has 2 aromatic carbocycles. The van der Waals surface area contributed by atoms with Gasteiger partial charge in [0.15, 0.2) is 0 Å². The monoisotopic (exact) mass is 375 g/mol. The molecule has 0 amide bonds. The number of rotatable bonds is 5. The van der Waals surface area contributed by atoms with Gasteiger partial charge >= 0.3 is 0 Å². The number of aromatic nitrogens is 2. The van der Waals surface area contributed by atoms with Crippen LogP contribution in [0.1, 0.15) is 5.56 Å². The van der Waals surface area contributed by atoms with E-state index in [1.807, 2.05) is 30.3 Å². The van der Waals surface area contributed by atoms with Gasteiger partial charge in [-0.2, -0.15) is 4.98 Å². The molecule has 1 N–H and O–H groups in total. The lowest BCUT2D eigenvalue weighted by Crippen LogP contribution is -2.46. The van der Waals surface area contributed by atoms with E-state index in [0.717, 1.165) is 43.4 Å². The van der Waals surface area contributed by atoms with Crippen LogP contribution in [0, 0.1) is 6.92 Å². The molecule has 2 heterocycles. The fourth-order valence-corrected chi connectivity index (χ4v) is 3.47. The predicted octanol–water partition coefficient (Wildman–Crippen LogP) is 3.86. The summed E-state index contributed by atoms with van der Waals surface area (Å²) in [6, 6.07) is 18.4. The Labute approximate surface area is 165 Å². The molecule has 1 saturated heterocycles.